The van der Waals surface area contributed by atoms with Gasteiger partial charge in [0.1, 0.15) is 0 Å². The molecule has 0 spiro atoms. The third-order valence-corrected chi connectivity index (χ3v) is 4.89. The summed E-state index contributed by atoms with van der Waals surface area (Å²) in [6.45, 7) is 8.08. The molecule has 0 saturated carbocycles. The zero-order valence-corrected chi connectivity index (χ0v) is 15.2. The van der Waals surface area contributed by atoms with Crippen LogP contribution < -0.4 is 10.2 Å². The predicted molar refractivity (Wildman–Crippen MR) is 104 cm³/mol. The molecule has 0 bridgehead atoms. The van der Waals surface area contributed by atoms with E-state index in [0.29, 0.717) is 6.54 Å². The molecule has 0 atom stereocenters. The van der Waals surface area contributed by atoms with Crippen molar-refractivity contribution in [2.24, 2.45) is 0 Å². The van der Waals surface area contributed by atoms with Gasteiger partial charge in [-0.3, -0.25) is 4.98 Å². The van der Waals surface area contributed by atoms with E-state index in [-0.39, 0.29) is 0 Å². The quantitative estimate of drug-likeness (QED) is 0.781. The Morgan fingerprint density at radius 2 is 1.88 bits per heavy atom. The van der Waals surface area contributed by atoms with Crippen LogP contribution in [0, 0.1) is 13.8 Å². The highest BCUT2D eigenvalue weighted by Crippen LogP contribution is 2.28. The topological polar surface area (TPSA) is 63.2 Å². The van der Waals surface area contributed by atoms with Crippen LogP contribution in [0.15, 0.2) is 36.5 Å². The fourth-order valence-corrected chi connectivity index (χ4v) is 3.31. The number of rotatable bonds is 4. The number of ether oxygens (including phenoxy) is 1. The molecule has 1 aliphatic heterocycles. The van der Waals surface area contributed by atoms with E-state index in [9.17, 15) is 0 Å². The van der Waals surface area contributed by atoms with Gasteiger partial charge in [0.15, 0.2) is 5.82 Å². The van der Waals surface area contributed by atoms with Gasteiger partial charge in [0.2, 0.25) is 0 Å². The zero-order chi connectivity index (χ0) is 17.9. The van der Waals surface area contributed by atoms with E-state index in [1.165, 1.54) is 5.69 Å². The van der Waals surface area contributed by atoms with Crippen LogP contribution >= 0.6 is 0 Å². The van der Waals surface area contributed by atoms with Gasteiger partial charge in [0, 0.05) is 48.0 Å². The van der Waals surface area contributed by atoms with Crippen LogP contribution in [-0.2, 0) is 11.3 Å². The Morgan fingerprint density at radius 1 is 1.04 bits per heavy atom. The Labute approximate surface area is 153 Å². The summed E-state index contributed by atoms with van der Waals surface area (Å²) in [7, 11) is 0. The Morgan fingerprint density at radius 3 is 2.69 bits per heavy atom. The van der Waals surface area contributed by atoms with E-state index in [1.807, 2.05) is 26.1 Å². The lowest BCUT2D eigenvalue weighted by Crippen LogP contribution is -2.36. The van der Waals surface area contributed by atoms with Gasteiger partial charge in [-0.1, -0.05) is 12.1 Å². The molecule has 3 heterocycles. The number of nitrogens with zero attached hydrogens (tertiary/aromatic N) is 4. The molecule has 6 heteroatoms. The summed E-state index contributed by atoms with van der Waals surface area (Å²) in [4.78, 5) is 6.70. The zero-order valence-electron chi connectivity index (χ0n) is 15.2. The van der Waals surface area contributed by atoms with Crippen molar-refractivity contribution in [2.75, 3.05) is 36.5 Å². The maximum absolute atomic E-state index is 5.47. The number of anilines is 2. The third kappa shape index (κ3) is 3.32. The minimum atomic E-state index is 0.675. The first-order chi connectivity index (χ1) is 12.7. The molecule has 3 aromatic rings. The molecule has 2 aromatic heterocycles. The van der Waals surface area contributed by atoms with Gasteiger partial charge in [0.05, 0.1) is 18.9 Å². The lowest BCUT2D eigenvalue weighted by Gasteiger charge is -2.29. The second-order valence-corrected chi connectivity index (χ2v) is 6.56. The molecule has 0 radical (unpaired) electrons. The summed E-state index contributed by atoms with van der Waals surface area (Å²) in [5, 5.41) is 14.4. The molecule has 6 nitrogen and oxygen atoms in total. The highest BCUT2D eigenvalue weighted by molar-refractivity contribution is 5.95. The lowest BCUT2D eigenvalue weighted by atomic mass is 10.1. The standard InChI is InChI=1S/C20H23N5O/c1-14-16(4-3-7-21-14)13-22-20-19-12-17(25-8-10-26-11-9-25)5-6-18(19)15(2)23-24-20/h3-7,12H,8-11,13H2,1-2H3,(H,22,24). The van der Waals surface area contributed by atoms with Gasteiger partial charge in [-0.05, 0) is 37.6 Å². The number of fused-ring (bicyclic) bond motifs is 1. The van der Waals surface area contributed by atoms with E-state index in [1.54, 1.807) is 0 Å². The van der Waals surface area contributed by atoms with Gasteiger partial charge in [-0.25, -0.2) is 0 Å². The molecular weight excluding hydrogens is 326 g/mol. The molecule has 1 saturated heterocycles. The van der Waals surface area contributed by atoms with Crippen LogP contribution in [0.2, 0.25) is 0 Å². The van der Waals surface area contributed by atoms with E-state index in [0.717, 1.165) is 59.8 Å². The first-order valence-electron chi connectivity index (χ1n) is 8.96. The van der Waals surface area contributed by atoms with Gasteiger partial charge in [0.25, 0.3) is 0 Å². The Bertz CT molecular complexity index is 921. The lowest BCUT2D eigenvalue weighted by molar-refractivity contribution is 0.122. The monoisotopic (exact) mass is 349 g/mol. The van der Waals surface area contributed by atoms with Crippen molar-refractivity contribution >= 4 is 22.3 Å². The molecule has 1 aromatic carbocycles. The van der Waals surface area contributed by atoms with E-state index in [4.69, 9.17) is 4.74 Å². The second-order valence-electron chi connectivity index (χ2n) is 6.56. The van der Waals surface area contributed by atoms with Crippen LogP contribution in [0.25, 0.3) is 10.8 Å². The maximum atomic E-state index is 5.47. The summed E-state index contributed by atoms with van der Waals surface area (Å²) < 4.78 is 5.47. The van der Waals surface area contributed by atoms with Crippen LogP contribution in [0.4, 0.5) is 11.5 Å². The minimum Gasteiger partial charge on any atom is -0.378 e. The molecular formula is C20H23N5O. The molecule has 1 N–H and O–H groups in total. The number of hydrogen-bond donors (Lipinski definition) is 1. The molecule has 134 valence electrons. The summed E-state index contributed by atoms with van der Waals surface area (Å²) in [5.74, 6) is 0.809. The first-order valence-corrected chi connectivity index (χ1v) is 8.96. The van der Waals surface area contributed by atoms with Crippen LogP contribution in [0.5, 0.6) is 0 Å². The third-order valence-electron chi connectivity index (χ3n) is 4.89. The van der Waals surface area contributed by atoms with Crippen LogP contribution in [0.1, 0.15) is 17.0 Å². The SMILES string of the molecule is Cc1ncccc1CNc1nnc(C)c2ccc(N3CCOCC3)cc12. The number of nitrogens with one attached hydrogen (secondary N) is 1. The first kappa shape index (κ1) is 16.7. The van der Waals surface area contributed by atoms with E-state index in [2.05, 4.69) is 49.7 Å². The molecule has 0 unspecified atom stereocenters. The fourth-order valence-electron chi connectivity index (χ4n) is 3.31. The number of pyridine rings is 1. The number of morpholine rings is 1. The molecule has 4 rings (SSSR count). The highest BCUT2D eigenvalue weighted by atomic mass is 16.5. The van der Waals surface area contributed by atoms with Gasteiger partial charge in [-0.2, -0.15) is 5.10 Å². The largest absolute Gasteiger partial charge is 0.378 e. The van der Waals surface area contributed by atoms with Gasteiger partial charge < -0.3 is 15.0 Å². The fraction of sp³-hybridized carbons (Fsp3) is 0.350. The smallest absolute Gasteiger partial charge is 0.156 e. The molecule has 1 aliphatic rings. The average Bonchev–Trinajstić information content (AvgIpc) is 2.69. The van der Waals surface area contributed by atoms with Crippen LogP contribution in [-0.4, -0.2) is 41.5 Å². The van der Waals surface area contributed by atoms with Crippen molar-refractivity contribution in [2.45, 2.75) is 20.4 Å². The number of aryl methyl sites for hydroxylation is 2. The van der Waals surface area contributed by atoms with Crippen molar-refractivity contribution in [1.82, 2.24) is 15.2 Å². The van der Waals surface area contributed by atoms with Gasteiger partial charge in [-0.15, -0.1) is 5.10 Å². The summed E-state index contributed by atoms with van der Waals surface area (Å²) in [6.07, 6.45) is 1.81. The van der Waals surface area contributed by atoms with Crippen molar-refractivity contribution in [1.29, 1.82) is 0 Å². The normalized spacial score (nSPS) is 14.6. The van der Waals surface area contributed by atoms with Crippen molar-refractivity contribution in [3.8, 4) is 0 Å². The van der Waals surface area contributed by atoms with Crippen molar-refractivity contribution in [3.05, 3.63) is 53.5 Å². The van der Waals surface area contributed by atoms with Gasteiger partial charge >= 0.3 is 0 Å². The van der Waals surface area contributed by atoms with Crippen molar-refractivity contribution < 1.29 is 4.74 Å². The van der Waals surface area contributed by atoms with Crippen molar-refractivity contribution in [3.63, 3.8) is 0 Å². The maximum Gasteiger partial charge on any atom is 0.156 e. The predicted octanol–water partition coefficient (Wildman–Crippen LogP) is 3.09. The Balaban J connectivity index is 1.67. The summed E-state index contributed by atoms with van der Waals surface area (Å²) in [6, 6.07) is 10.6. The Hall–Kier alpha value is -2.73. The molecule has 1 fully saturated rings. The van der Waals surface area contributed by atoms with E-state index >= 15 is 0 Å². The van der Waals surface area contributed by atoms with E-state index < -0.39 is 0 Å². The Kier molecular flexibility index (Phi) is 4.67. The number of aromatic nitrogens is 3. The second kappa shape index (κ2) is 7.25. The molecule has 26 heavy (non-hydrogen) atoms. The minimum absolute atomic E-state index is 0.675. The highest BCUT2D eigenvalue weighted by Gasteiger charge is 2.14. The molecule has 0 aliphatic carbocycles. The molecule has 0 amide bonds. The summed E-state index contributed by atoms with van der Waals surface area (Å²) in [5.41, 5.74) is 4.33. The number of hydrogen-bond acceptors (Lipinski definition) is 6. The summed E-state index contributed by atoms with van der Waals surface area (Å²) >= 11 is 0. The van der Waals surface area contributed by atoms with Crippen LogP contribution in [0.3, 0.4) is 0 Å². The average molecular weight is 349 g/mol. The number of benzene rings is 1.